The molecule has 3 rings (SSSR count). The standard InChI is InChI=1S/C20H18F2N2O/c1-14-11-17(22)7-8-18(14)23-20(25)13-19(24-9-2-3-10-24)15-5-4-6-16(21)12-15/h2-12,19H,13H2,1H3,(H,23,25). The molecule has 0 aliphatic heterocycles. The van der Waals surface area contributed by atoms with E-state index in [2.05, 4.69) is 5.32 Å². The third-order valence-electron chi connectivity index (χ3n) is 4.06. The first-order valence-electron chi connectivity index (χ1n) is 7.97. The fourth-order valence-electron chi connectivity index (χ4n) is 2.81. The number of nitrogens with zero attached hydrogens (tertiary/aromatic N) is 1. The van der Waals surface area contributed by atoms with Crippen molar-refractivity contribution in [3.63, 3.8) is 0 Å². The van der Waals surface area contributed by atoms with Crippen LogP contribution in [0.15, 0.2) is 67.0 Å². The molecule has 0 fully saturated rings. The zero-order valence-electron chi connectivity index (χ0n) is 13.7. The number of rotatable bonds is 5. The molecule has 0 aliphatic carbocycles. The Bertz CT molecular complexity index is 875. The molecular formula is C20H18F2N2O. The Morgan fingerprint density at radius 2 is 1.76 bits per heavy atom. The highest BCUT2D eigenvalue weighted by Gasteiger charge is 2.18. The Morgan fingerprint density at radius 3 is 2.44 bits per heavy atom. The van der Waals surface area contributed by atoms with Crippen LogP contribution in [0.2, 0.25) is 0 Å². The third kappa shape index (κ3) is 4.12. The molecule has 3 nitrogen and oxygen atoms in total. The first-order valence-corrected chi connectivity index (χ1v) is 7.97. The monoisotopic (exact) mass is 340 g/mol. The van der Waals surface area contributed by atoms with Gasteiger partial charge in [-0.3, -0.25) is 4.79 Å². The van der Waals surface area contributed by atoms with E-state index >= 15 is 0 Å². The van der Waals surface area contributed by atoms with Crippen LogP contribution in [-0.4, -0.2) is 10.5 Å². The minimum absolute atomic E-state index is 0.134. The number of nitrogens with one attached hydrogen (secondary N) is 1. The van der Waals surface area contributed by atoms with Crippen LogP contribution in [0.3, 0.4) is 0 Å². The molecule has 1 unspecified atom stereocenters. The average Bonchev–Trinajstić information content (AvgIpc) is 3.09. The summed E-state index contributed by atoms with van der Waals surface area (Å²) < 4.78 is 28.7. The number of carbonyl (C=O) groups is 1. The van der Waals surface area contributed by atoms with E-state index in [1.807, 2.05) is 29.1 Å². The minimum Gasteiger partial charge on any atom is -0.346 e. The highest BCUT2D eigenvalue weighted by molar-refractivity contribution is 5.92. The molecule has 0 spiro atoms. The van der Waals surface area contributed by atoms with Crippen molar-refractivity contribution in [2.24, 2.45) is 0 Å². The van der Waals surface area contributed by atoms with Gasteiger partial charge in [0, 0.05) is 18.1 Å². The van der Waals surface area contributed by atoms with Crippen molar-refractivity contribution in [1.82, 2.24) is 4.57 Å². The summed E-state index contributed by atoms with van der Waals surface area (Å²) in [7, 11) is 0. The Hall–Kier alpha value is -2.95. The van der Waals surface area contributed by atoms with Crippen LogP contribution in [0.1, 0.15) is 23.6 Å². The van der Waals surface area contributed by atoms with Crippen molar-refractivity contribution < 1.29 is 13.6 Å². The number of aromatic nitrogens is 1. The maximum absolute atomic E-state index is 13.6. The topological polar surface area (TPSA) is 34.0 Å². The van der Waals surface area contributed by atoms with Gasteiger partial charge in [0.2, 0.25) is 5.91 Å². The van der Waals surface area contributed by atoms with Crippen LogP contribution in [0.5, 0.6) is 0 Å². The summed E-state index contributed by atoms with van der Waals surface area (Å²) in [4.78, 5) is 12.5. The third-order valence-corrected chi connectivity index (χ3v) is 4.06. The molecule has 0 saturated heterocycles. The van der Waals surface area contributed by atoms with Gasteiger partial charge >= 0.3 is 0 Å². The summed E-state index contributed by atoms with van der Waals surface area (Å²) in [6.07, 6.45) is 3.81. The lowest BCUT2D eigenvalue weighted by molar-refractivity contribution is -0.116. The van der Waals surface area contributed by atoms with Gasteiger partial charge in [0.1, 0.15) is 11.6 Å². The van der Waals surface area contributed by atoms with Gasteiger partial charge in [-0.1, -0.05) is 12.1 Å². The fraction of sp³-hybridized carbons (Fsp3) is 0.150. The lowest BCUT2D eigenvalue weighted by Crippen LogP contribution is -2.20. The van der Waals surface area contributed by atoms with Crippen LogP contribution < -0.4 is 5.32 Å². The molecule has 0 aliphatic rings. The van der Waals surface area contributed by atoms with Crippen LogP contribution in [-0.2, 0) is 4.79 Å². The van der Waals surface area contributed by atoms with Gasteiger partial charge in [-0.15, -0.1) is 0 Å². The molecule has 0 saturated carbocycles. The van der Waals surface area contributed by atoms with Crippen molar-refractivity contribution in [3.8, 4) is 0 Å². The molecule has 1 aromatic heterocycles. The Balaban J connectivity index is 1.82. The second kappa shape index (κ2) is 7.30. The van der Waals surface area contributed by atoms with Gasteiger partial charge in [-0.25, -0.2) is 8.78 Å². The van der Waals surface area contributed by atoms with Gasteiger partial charge in [0.05, 0.1) is 12.5 Å². The molecule has 25 heavy (non-hydrogen) atoms. The van der Waals surface area contributed by atoms with E-state index in [4.69, 9.17) is 0 Å². The molecule has 2 aromatic carbocycles. The van der Waals surface area contributed by atoms with Crippen LogP contribution in [0.25, 0.3) is 0 Å². The molecule has 0 bridgehead atoms. The van der Waals surface area contributed by atoms with E-state index in [1.54, 1.807) is 19.1 Å². The molecule has 0 radical (unpaired) electrons. The smallest absolute Gasteiger partial charge is 0.226 e. The summed E-state index contributed by atoms with van der Waals surface area (Å²) in [5.41, 5.74) is 1.93. The molecule has 5 heteroatoms. The maximum Gasteiger partial charge on any atom is 0.226 e. The van der Waals surface area contributed by atoms with Crippen LogP contribution >= 0.6 is 0 Å². The number of halogens is 2. The summed E-state index contributed by atoms with van der Waals surface area (Å²) in [5, 5.41) is 2.80. The first-order chi connectivity index (χ1) is 12.0. The van der Waals surface area contributed by atoms with Gasteiger partial charge in [0.15, 0.2) is 0 Å². The predicted octanol–water partition coefficient (Wildman–Crippen LogP) is 4.69. The molecule has 1 N–H and O–H groups in total. The second-order valence-corrected chi connectivity index (χ2v) is 5.91. The zero-order chi connectivity index (χ0) is 17.8. The predicted molar refractivity (Wildman–Crippen MR) is 93.4 cm³/mol. The van der Waals surface area contributed by atoms with Crippen molar-refractivity contribution in [1.29, 1.82) is 0 Å². The molecule has 1 amide bonds. The van der Waals surface area contributed by atoms with E-state index in [-0.39, 0.29) is 30.0 Å². The molecule has 128 valence electrons. The summed E-state index contributed by atoms with van der Waals surface area (Å²) in [5.74, 6) is -0.914. The number of anilines is 1. The Labute approximate surface area is 144 Å². The van der Waals surface area contributed by atoms with Gasteiger partial charge < -0.3 is 9.88 Å². The van der Waals surface area contributed by atoms with Gasteiger partial charge in [-0.05, 0) is 60.5 Å². The normalized spacial score (nSPS) is 12.0. The maximum atomic E-state index is 13.6. The van der Waals surface area contributed by atoms with Gasteiger partial charge in [-0.2, -0.15) is 0 Å². The van der Waals surface area contributed by atoms with E-state index in [9.17, 15) is 13.6 Å². The number of hydrogen-bond acceptors (Lipinski definition) is 1. The number of benzene rings is 2. The van der Waals surface area contributed by atoms with Gasteiger partial charge in [0.25, 0.3) is 0 Å². The first kappa shape index (κ1) is 16.9. The van der Waals surface area contributed by atoms with Crippen molar-refractivity contribution in [2.75, 3.05) is 5.32 Å². The lowest BCUT2D eigenvalue weighted by Gasteiger charge is -2.20. The number of carbonyl (C=O) groups excluding carboxylic acids is 1. The quantitative estimate of drug-likeness (QED) is 0.718. The SMILES string of the molecule is Cc1cc(F)ccc1NC(=O)CC(c1cccc(F)c1)n1cccc1. The fourth-order valence-corrected chi connectivity index (χ4v) is 2.81. The van der Waals surface area contributed by atoms with Crippen LogP contribution in [0, 0.1) is 18.6 Å². The van der Waals surface area contributed by atoms with E-state index < -0.39 is 0 Å². The second-order valence-electron chi connectivity index (χ2n) is 5.91. The minimum atomic E-state index is -0.347. The highest BCUT2D eigenvalue weighted by atomic mass is 19.1. The van der Waals surface area contributed by atoms with Crippen molar-refractivity contribution >= 4 is 11.6 Å². The van der Waals surface area contributed by atoms with Crippen molar-refractivity contribution in [3.05, 3.63) is 89.8 Å². The summed E-state index contributed by atoms with van der Waals surface area (Å²) in [6, 6.07) is 13.8. The molecule has 1 heterocycles. The van der Waals surface area contributed by atoms with Crippen LogP contribution in [0.4, 0.5) is 14.5 Å². The highest BCUT2D eigenvalue weighted by Crippen LogP contribution is 2.24. The van der Waals surface area contributed by atoms with E-state index in [1.165, 1.54) is 30.3 Å². The number of amides is 1. The number of hydrogen-bond donors (Lipinski definition) is 1. The van der Waals surface area contributed by atoms with E-state index in [0.29, 0.717) is 16.8 Å². The molecular weight excluding hydrogens is 322 g/mol. The Kier molecular flexibility index (Phi) is 4.93. The molecule has 1 atom stereocenters. The average molecular weight is 340 g/mol. The lowest BCUT2D eigenvalue weighted by atomic mass is 10.0. The summed E-state index contributed by atoms with van der Waals surface area (Å²) in [6.45, 7) is 1.73. The Morgan fingerprint density at radius 1 is 1.04 bits per heavy atom. The van der Waals surface area contributed by atoms with Crippen molar-refractivity contribution in [2.45, 2.75) is 19.4 Å². The summed E-state index contributed by atoms with van der Waals surface area (Å²) >= 11 is 0. The van der Waals surface area contributed by atoms with E-state index in [0.717, 1.165) is 0 Å². The number of aryl methyl sites for hydroxylation is 1. The zero-order valence-corrected chi connectivity index (χ0v) is 13.7. The molecule has 3 aromatic rings. The largest absolute Gasteiger partial charge is 0.346 e.